The van der Waals surface area contributed by atoms with Crippen LogP contribution >= 0.6 is 0 Å². The van der Waals surface area contributed by atoms with Gasteiger partial charge in [0.25, 0.3) is 11.8 Å². The molecule has 0 aromatic heterocycles. The highest BCUT2D eigenvalue weighted by molar-refractivity contribution is 5.97. The van der Waals surface area contributed by atoms with Crippen LogP contribution in [0.3, 0.4) is 0 Å². The molecule has 6 nitrogen and oxygen atoms in total. The number of halogens is 3. The van der Waals surface area contributed by atoms with E-state index in [4.69, 9.17) is 0 Å². The van der Waals surface area contributed by atoms with Gasteiger partial charge < -0.3 is 15.1 Å². The molecule has 0 atom stereocenters. The summed E-state index contributed by atoms with van der Waals surface area (Å²) >= 11 is 0. The molecule has 3 amide bonds. The van der Waals surface area contributed by atoms with E-state index in [1.807, 2.05) is 0 Å². The second-order valence-electron chi connectivity index (χ2n) is 6.92. The van der Waals surface area contributed by atoms with Crippen molar-refractivity contribution in [3.8, 4) is 0 Å². The number of anilines is 1. The predicted molar refractivity (Wildman–Crippen MR) is 104 cm³/mol. The largest absolute Gasteiger partial charge is 0.416 e. The van der Waals surface area contributed by atoms with Gasteiger partial charge in [0, 0.05) is 49.9 Å². The lowest BCUT2D eigenvalue weighted by molar-refractivity contribution is -0.137. The number of rotatable bonds is 3. The maximum Gasteiger partial charge on any atom is 0.416 e. The van der Waals surface area contributed by atoms with Gasteiger partial charge in [-0.2, -0.15) is 13.2 Å². The molecule has 2 aromatic rings. The van der Waals surface area contributed by atoms with E-state index in [9.17, 15) is 27.6 Å². The predicted octanol–water partition coefficient (Wildman–Crippen LogP) is 3.26. The van der Waals surface area contributed by atoms with Gasteiger partial charge in [0.1, 0.15) is 0 Å². The van der Waals surface area contributed by atoms with Crippen LogP contribution in [0.1, 0.15) is 33.2 Å². The van der Waals surface area contributed by atoms with E-state index in [0.717, 1.165) is 24.3 Å². The fraction of sp³-hybridized carbons (Fsp3) is 0.286. The monoisotopic (exact) mass is 419 g/mol. The van der Waals surface area contributed by atoms with Gasteiger partial charge in [-0.15, -0.1) is 0 Å². The summed E-state index contributed by atoms with van der Waals surface area (Å²) in [5.74, 6) is -0.831. The van der Waals surface area contributed by atoms with Gasteiger partial charge in [0.2, 0.25) is 5.91 Å². The van der Waals surface area contributed by atoms with E-state index in [1.54, 1.807) is 29.2 Å². The second-order valence-corrected chi connectivity index (χ2v) is 6.92. The molecule has 30 heavy (non-hydrogen) atoms. The van der Waals surface area contributed by atoms with E-state index in [-0.39, 0.29) is 36.4 Å². The van der Waals surface area contributed by atoms with E-state index in [1.165, 1.54) is 11.8 Å². The Bertz CT molecular complexity index is 950. The van der Waals surface area contributed by atoms with E-state index in [2.05, 4.69) is 5.32 Å². The Balaban J connectivity index is 1.61. The van der Waals surface area contributed by atoms with Crippen LogP contribution in [-0.2, 0) is 11.0 Å². The summed E-state index contributed by atoms with van der Waals surface area (Å²) in [6, 6.07) is 10.7. The van der Waals surface area contributed by atoms with Crippen molar-refractivity contribution in [2.24, 2.45) is 0 Å². The molecular formula is C21H20F3N3O3. The lowest BCUT2D eigenvalue weighted by Crippen LogP contribution is -2.50. The van der Waals surface area contributed by atoms with Gasteiger partial charge >= 0.3 is 6.18 Å². The van der Waals surface area contributed by atoms with Crippen molar-refractivity contribution in [2.75, 3.05) is 31.5 Å². The van der Waals surface area contributed by atoms with Crippen LogP contribution in [0.4, 0.5) is 18.9 Å². The minimum atomic E-state index is -4.45. The fourth-order valence-corrected chi connectivity index (χ4v) is 3.21. The van der Waals surface area contributed by atoms with E-state index in [0.29, 0.717) is 24.3 Å². The Morgan fingerprint density at radius 1 is 0.833 bits per heavy atom. The normalized spacial score (nSPS) is 14.4. The fourth-order valence-electron chi connectivity index (χ4n) is 3.21. The number of amides is 3. The summed E-state index contributed by atoms with van der Waals surface area (Å²) in [6.07, 6.45) is -4.45. The molecular weight excluding hydrogens is 399 g/mol. The van der Waals surface area contributed by atoms with Crippen molar-refractivity contribution in [3.05, 3.63) is 65.2 Å². The molecule has 0 saturated carbocycles. The third kappa shape index (κ3) is 4.97. The van der Waals surface area contributed by atoms with Crippen LogP contribution in [0.15, 0.2) is 48.5 Å². The molecule has 0 spiro atoms. The van der Waals surface area contributed by atoms with Crippen molar-refractivity contribution in [1.29, 1.82) is 0 Å². The summed E-state index contributed by atoms with van der Waals surface area (Å²) in [4.78, 5) is 39.6. The number of piperazine rings is 1. The zero-order chi connectivity index (χ0) is 21.9. The number of nitrogens with one attached hydrogen (secondary N) is 1. The lowest BCUT2D eigenvalue weighted by Gasteiger charge is -2.35. The van der Waals surface area contributed by atoms with Crippen LogP contribution in [0.25, 0.3) is 0 Å². The minimum absolute atomic E-state index is 0.172. The number of hydrogen-bond acceptors (Lipinski definition) is 3. The average molecular weight is 419 g/mol. The van der Waals surface area contributed by atoms with Crippen LogP contribution in [0, 0.1) is 0 Å². The minimum Gasteiger partial charge on any atom is -0.335 e. The standard InChI is InChI=1S/C21H20F3N3O3/c1-14(28)25-18-4-2-3-16(13-18)20(30)27-11-9-26(10-12-27)19(29)15-5-7-17(8-6-15)21(22,23)24/h2-8,13H,9-12H2,1H3,(H,25,28). The Labute approximate surface area is 171 Å². The molecule has 158 valence electrons. The first-order valence-corrected chi connectivity index (χ1v) is 9.28. The summed E-state index contributed by atoms with van der Waals surface area (Å²) in [6.45, 7) is 2.53. The molecule has 1 heterocycles. The molecule has 2 aromatic carbocycles. The van der Waals surface area contributed by atoms with Crippen molar-refractivity contribution < 1.29 is 27.6 Å². The molecule has 9 heteroatoms. The quantitative estimate of drug-likeness (QED) is 0.830. The SMILES string of the molecule is CC(=O)Nc1cccc(C(=O)N2CCN(C(=O)c3ccc(C(F)(F)F)cc3)CC2)c1. The third-order valence-electron chi connectivity index (χ3n) is 4.74. The second kappa shape index (κ2) is 8.56. The smallest absolute Gasteiger partial charge is 0.335 e. The zero-order valence-electron chi connectivity index (χ0n) is 16.2. The van der Waals surface area contributed by atoms with Crippen molar-refractivity contribution in [3.63, 3.8) is 0 Å². The van der Waals surface area contributed by atoms with Crippen molar-refractivity contribution in [2.45, 2.75) is 13.1 Å². The van der Waals surface area contributed by atoms with Crippen molar-refractivity contribution >= 4 is 23.4 Å². The van der Waals surface area contributed by atoms with Gasteiger partial charge in [0.05, 0.1) is 5.56 Å². The first-order chi connectivity index (χ1) is 14.1. The maximum absolute atomic E-state index is 12.7. The number of alkyl halides is 3. The third-order valence-corrected chi connectivity index (χ3v) is 4.74. The van der Waals surface area contributed by atoms with Gasteiger partial charge in [-0.3, -0.25) is 14.4 Å². The Morgan fingerprint density at radius 3 is 1.87 bits per heavy atom. The maximum atomic E-state index is 12.7. The van der Waals surface area contributed by atoms with E-state index >= 15 is 0 Å². The van der Waals surface area contributed by atoms with Crippen LogP contribution in [-0.4, -0.2) is 53.7 Å². The molecule has 1 saturated heterocycles. The highest BCUT2D eigenvalue weighted by Crippen LogP contribution is 2.29. The average Bonchev–Trinajstić information content (AvgIpc) is 2.72. The topological polar surface area (TPSA) is 69.7 Å². The molecule has 0 unspecified atom stereocenters. The first kappa shape index (κ1) is 21.4. The zero-order valence-corrected chi connectivity index (χ0v) is 16.2. The summed E-state index contributed by atoms with van der Waals surface area (Å²) in [5, 5.41) is 2.62. The van der Waals surface area contributed by atoms with Gasteiger partial charge in [-0.1, -0.05) is 6.07 Å². The molecule has 0 bridgehead atoms. The molecule has 0 radical (unpaired) electrons. The highest BCUT2D eigenvalue weighted by Gasteiger charge is 2.31. The van der Waals surface area contributed by atoms with Gasteiger partial charge in [-0.05, 0) is 42.5 Å². The number of hydrogen-bond donors (Lipinski definition) is 1. The Hall–Kier alpha value is -3.36. The van der Waals surface area contributed by atoms with Crippen LogP contribution in [0.5, 0.6) is 0 Å². The number of nitrogens with zero attached hydrogens (tertiary/aromatic N) is 2. The Kier molecular flexibility index (Phi) is 6.09. The molecule has 3 rings (SSSR count). The summed E-state index contributed by atoms with van der Waals surface area (Å²) in [5.41, 5.74) is 0.301. The van der Waals surface area contributed by atoms with Gasteiger partial charge in [-0.25, -0.2) is 0 Å². The van der Waals surface area contributed by atoms with Crippen LogP contribution < -0.4 is 5.32 Å². The molecule has 0 aliphatic carbocycles. The number of benzene rings is 2. The molecule has 1 fully saturated rings. The summed E-state index contributed by atoms with van der Waals surface area (Å²) in [7, 11) is 0. The number of carbonyl (C=O) groups is 3. The Morgan fingerprint density at radius 2 is 1.37 bits per heavy atom. The van der Waals surface area contributed by atoms with E-state index < -0.39 is 11.7 Å². The van der Waals surface area contributed by atoms with Crippen LogP contribution in [0.2, 0.25) is 0 Å². The summed E-state index contributed by atoms with van der Waals surface area (Å²) < 4.78 is 38.0. The first-order valence-electron chi connectivity index (χ1n) is 9.28. The number of carbonyl (C=O) groups excluding carboxylic acids is 3. The molecule has 1 N–H and O–H groups in total. The molecule has 1 aliphatic heterocycles. The highest BCUT2D eigenvalue weighted by atomic mass is 19.4. The lowest BCUT2D eigenvalue weighted by atomic mass is 10.1. The van der Waals surface area contributed by atoms with Gasteiger partial charge in [0.15, 0.2) is 0 Å². The molecule has 1 aliphatic rings. The van der Waals surface area contributed by atoms with Crippen molar-refractivity contribution in [1.82, 2.24) is 9.80 Å².